The molecule has 0 aliphatic carbocycles. The van der Waals surface area contributed by atoms with Crippen LogP contribution in [0.4, 0.5) is 11.4 Å². The number of benzene rings is 4. The van der Waals surface area contributed by atoms with Gasteiger partial charge in [-0.25, -0.2) is 4.79 Å². The molecule has 1 saturated heterocycles. The van der Waals surface area contributed by atoms with E-state index in [9.17, 15) is 9.59 Å². The summed E-state index contributed by atoms with van der Waals surface area (Å²) in [7, 11) is -1.21. The molecule has 7 rings (SSSR count). The van der Waals surface area contributed by atoms with Gasteiger partial charge in [0.1, 0.15) is 30.8 Å². The Labute approximate surface area is 427 Å². The smallest absolute Gasteiger partial charge is 0.337 e. The van der Waals surface area contributed by atoms with E-state index in [1.165, 1.54) is 11.3 Å². The van der Waals surface area contributed by atoms with E-state index >= 15 is 0 Å². The van der Waals surface area contributed by atoms with Crippen LogP contribution in [-0.2, 0) is 29.2 Å². The third-order valence-corrected chi connectivity index (χ3v) is 15.0. The number of carbonyl (C=O) groups is 2. The zero-order valence-electron chi connectivity index (χ0n) is 40.1. The Bertz CT molecular complexity index is 2260. The van der Waals surface area contributed by atoms with Gasteiger partial charge in [0.2, 0.25) is 0 Å². The molecule has 4 aromatic carbocycles. The first kappa shape index (κ1) is 56.2. The number of cyclic esters (lactones) is 1. The van der Waals surface area contributed by atoms with Crippen molar-refractivity contribution in [2.75, 3.05) is 56.8 Å². The highest BCUT2D eigenvalue weighted by molar-refractivity contribution is 9.10. The Kier molecular flexibility index (Phi) is 21.2. The highest BCUT2D eigenvalue weighted by atomic mass is 79.9. The molecule has 362 valence electrons. The molecule has 66 heavy (non-hydrogen) atoms. The molecule has 0 spiro atoms. The lowest BCUT2D eigenvalue weighted by Gasteiger charge is -2.44. The van der Waals surface area contributed by atoms with Gasteiger partial charge in [0.05, 0.1) is 47.8 Å². The number of para-hydroxylation sites is 2. The van der Waals surface area contributed by atoms with Crippen molar-refractivity contribution in [2.24, 2.45) is 5.92 Å². The van der Waals surface area contributed by atoms with Gasteiger partial charge in [-0.2, -0.15) is 0 Å². The minimum absolute atomic E-state index is 0.0483. The van der Waals surface area contributed by atoms with Gasteiger partial charge in [-0.1, -0.05) is 80.2 Å². The monoisotopic (exact) mass is 1140 g/mol. The average Bonchev–Trinajstić information content (AvgIpc) is 3.22. The Balaban J connectivity index is 0.000000203. The lowest BCUT2D eigenvalue weighted by molar-refractivity contribution is -0.187. The van der Waals surface area contributed by atoms with Gasteiger partial charge in [0.25, 0.3) is 5.24 Å². The molecule has 4 atom stereocenters. The number of hydrogen-bond donors (Lipinski definition) is 0. The van der Waals surface area contributed by atoms with Crippen LogP contribution >= 0.6 is 66.7 Å². The van der Waals surface area contributed by atoms with Crippen LogP contribution in [0.15, 0.2) is 87.8 Å². The van der Waals surface area contributed by atoms with Gasteiger partial charge in [-0.15, -0.1) is 0 Å². The summed E-state index contributed by atoms with van der Waals surface area (Å²) < 4.78 is 37.2. The average molecular weight is 1150 g/mol. The molecule has 0 radical (unpaired) electrons. The van der Waals surface area contributed by atoms with Crippen molar-refractivity contribution in [3.05, 3.63) is 115 Å². The maximum absolute atomic E-state index is 12.6. The van der Waals surface area contributed by atoms with E-state index in [1.54, 1.807) is 18.2 Å². The SMILES string of the molecule is CN1CCOc2cc(Cc3cc(Br)ccc3Cl)ccc21.CN1CCOc2ccccc21.C[C@H]1[C@H](O[Si](C)(C)C)[C@@H](O[Si](C)(C)C)C(=O)O[C@@H]1CO[Si](C)(C)C.O=C(Cl)c1cc(Br)ccc1Cl. The summed E-state index contributed by atoms with van der Waals surface area (Å²) >= 11 is 23.8. The standard InChI is InChI=1S/C16H15BrClNO.C16H36O5Si3.C9H11NO.C7H3BrCl2O/c1-19-6-7-20-16-9-11(2-5-15(16)19)8-12-10-13(17)3-4-14(12)18;1-12-13(11-18-22(2,3)4)19-16(17)15(21-24(8,9)10)14(12)20-23(5,6)7;1-10-6-7-11-9-5-3-2-4-8(9)10;8-4-1-2-6(9)5(3-4)7(10)11/h2-5,9-10H,6-8H2,1H3;12-15H,11H2,1-10H3;2-5H,6-7H2,1H3;1-3H/t;12-,13-,14+,15-;;/m.1../s1. The number of ether oxygens (including phenoxy) is 3. The molecule has 0 unspecified atom stereocenters. The topological polar surface area (TPSA) is 96.0 Å². The first-order chi connectivity index (χ1) is 30.7. The van der Waals surface area contributed by atoms with Crippen LogP contribution in [-0.4, -0.2) is 101 Å². The first-order valence-electron chi connectivity index (χ1n) is 21.9. The van der Waals surface area contributed by atoms with Gasteiger partial charge >= 0.3 is 5.97 Å². The molecular weight excluding hydrogens is 1080 g/mol. The van der Waals surface area contributed by atoms with Crippen molar-refractivity contribution >= 4 is 114 Å². The number of rotatable bonds is 10. The zero-order chi connectivity index (χ0) is 49.1. The van der Waals surface area contributed by atoms with Crippen molar-refractivity contribution in [1.29, 1.82) is 0 Å². The largest absolute Gasteiger partial charge is 0.490 e. The molecule has 0 N–H and O–H groups in total. The summed E-state index contributed by atoms with van der Waals surface area (Å²) in [4.78, 5) is 27.7. The van der Waals surface area contributed by atoms with E-state index in [-0.39, 0.29) is 24.1 Å². The third kappa shape index (κ3) is 18.2. The molecule has 18 heteroatoms. The van der Waals surface area contributed by atoms with Crippen LogP contribution < -0.4 is 19.3 Å². The number of nitrogens with zero attached hydrogens (tertiary/aromatic N) is 2. The minimum atomic E-state index is -1.89. The van der Waals surface area contributed by atoms with Crippen molar-refractivity contribution in [1.82, 2.24) is 0 Å². The maximum atomic E-state index is 12.6. The van der Waals surface area contributed by atoms with Crippen molar-refractivity contribution in [3.8, 4) is 11.5 Å². The maximum Gasteiger partial charge on any atom is 0.337 e. The number of fused-ring (bicyclic) bond motifs is 2. The van der Waals surface area contributed by atoms with Crippen LogP contribution in [0, 0.1) is 5.92 Å². The summed E-state index contributed by atoms with van der Waals surface area (Å²) in [5.74, 6) is 1.71. The molecule has 0 amide bonds. The van der Waals surface area contributed by atoms with Crippen molar-refractivity contribution in [2.45, 2.75) is 90.6 Å². The van der Waals surface area contributed by atoms with Crippen LogP contribution in [0.5, 0.6) is 11.5 Å². The second-order valence-electron chi connectivity index (χ2n) is 19.2. The fourth-order valence-corrected chi connectivity index (χ4v) is 11.1. The van der Waals surface area contributed by atoms with Gasteiger partial charge in [-0.05, 0) is 149 Å². The lowest BCUT2D eigenvalue weighted by Crippen LogP contribution is -2.59. The Morgan fingerprint density at radius 1 is 0.727 bits per heavy atom. The Hall–Kier alpha value is -2.42. The van der Waals surface area contributed by atoms with E-state index < -0.39 is 36.3 Å². The summed E-state index contributed by atoms with van der Waals surface area (Å²) in [6, 6.07) is 25.4. The van der Waals surface area contributed by atoms with E-state index in [4.69, 9.17) is 62.3 Å². The van der Waals surface area contributed by atoms with Crippen LogP contribution in [0.3, 0.4) is 0 Å². The third-order valence-electron chi connectivity index (χ3n) is 10.2. The van der Waals surface area contributed by atoms with Crippen LogP contribution in [0.25, 0.3) is 0 Å². The van der Waals surface area contributed by atoms with Gasteiger partial charge in [-0.3, -0.25) is 4.79 Å². The van der Waals surface area contributed by atoms with E-state index in [0.717, 1.165) is 69.4 Å². The molecular formula is C48H65Br2Cl3N2O8Si3. The fourth-order valence-electron chi connectivity index (χ4n) is 6.90. The molecule has 0 bridgehead atoms. The predicted octanol–water partition coefficient (Wildman–Crippen LogP) is 13.4. The Morgan fingerprint density at radius 2 is 1.29 bits per heavy atom. The Morgan fingerprint density at radius 3 is 1.85 bits per heavy atom. The van der Waals surface area contributed by atoms with Gasteiger partial charge < -0.3 is 37.3 Å². The van der Waals surface area contributed by atoms with Crippen molar-refractivity contribution in [3.63, 3.8) is 0 Å². The van der Waals surface area contributed by atoms with E-state index in [1.807, 2.05) is 30.3 Å². The summed E-state index contributed by atoms with van der Waals surface area (Å²) in [5, 5.41) is 0.619. The predicted molar refractivity (Wildman–Crippen MR) is 286 cm³/mol. The van der Waals surface area contributed by atoms with E-state index in [0.29, 0.717) is 17.2 Å². The molecule has 3 aliphatic heterocycles. The first-order valence-corrected chi connectivity index (χ1v) is 34.8. The number of anilines is 2. The molecule has 3 heterocycles. The molecule has 0 saturated carbocycles. The number of halogens is 5. The van der Waals surface area contributed by atoms with Gasteiger partial charge in [0.15, 0.2) is 31.1 Å². The zero-order valence-corrected chi connectivity index (χ0v) is 48.5. The molecule has 0 aromatic heterocycles. The molecule has 3 aliphatic rings. The number of hydrogen-bond acceptors (Lipinski definition) is 10. The fraction of sp³-hybridized carbons (Fsp3) is 0.458. The molecule has 1 fully saturated rings. The van der Waals surface area contributed by atoms with E-state index in [2.05, 4.69) is 152 Å². The molecule has 10 nitrogen and oxygen atoms in total. The second-order valence-corrected chi connectivity index (χ2v) is 35.6. The van der Waals surface area contributed by atoms with Gasteiger partial charge in [0, 0.05) is 34.0 Å². The number of carbonyl (C=O) groups excluding carboxylic acids is 2. The normalized spacial score (nSPS) is 19.1. The molecule has 4 aromatic rings. The second kappa shape index (κ2) is 24.9. The summed E-state index contributed by atoms with van der Waals surface area (Å²) in [5.41, 5.74) is 4.99. The van der Waals surface area contributed by atoms with Crippen LogP contribution in [0.2, 0.25) is 69.0 Å². The quantitative estimate of drug-likeness (QED) is 0.0868. The van der Waals surface area contributed by atoms with Crippen molar-refractivity contribution < 1.29 is 37.1 Å². The number of esters is 1. The highest BCUT2D eigenvalue weighted by Crippen LogP contribution is 2.35. The number of likely N-dealkylation sites (N-methyl/N-ethyl adjacent to an activating group) is 2. The summed E-state index contributed by atoms with van der Waals surface area (Å²) in [6.45, 7) is 25.0. The highest BCUT2D eigenvalue weighted by Gasteiger charge is 2.48. The van der Waals surface area contributed by atoms with Crippen LogP contribution in [0.1, 0.15) is 28.4 Å². The minimum Gasteiger partial charge on any atom is -0.490 e. The summed E-state index contributed by atoms with van der Waals surface area (Å²) in [6.07, 6.45) is -0.355. The lowest BCUT2D eigenvalue weighted by atomic mass is 9.91.